The number of aromatic hydroxyl groups is 1. The first kappa shape index (κ1) is 25.5. The highest BCUT2D eigenvalue weighted by atomic mass is 16.4. The number of aliphatic carboxylic acids is 1. The van der Waals surface area contributed by atoms with E-state index in [1.807, 2.05) is 23.1 Å². The van der Waals surface area contributed by atoms with E-state index >= 15 is 0 Å². The molecule has 3 aliphatic heterocycles. The Kier molecular flexibility index (Phi) is 6.31. The summed E-state index contributed by atoms with van der Waals surface area (Å²) in [5, 5.41) is 31.6. The van der Waals surface area contributed by atoms with Gasteiger partial charge in [0, 0.05) is 64.0 Å². The number of hydrogen-bond donors (Lipinski definition) is 3. The molecule has 1 aromatic heterocycles. The minimum atomic E-state index is -0.639. The lowest BCUT2D eigenvalue weighted by atomic mass is 9.49. The van der Waals surface area contributed by atoms with Crippen LogP contribution >= 0.6 is 0 Å². The molecule has 40 heavy (non-hydrogen) atoms. The molecule has 1 atom stereocenters. The number of para-hydroxylation sites is 1. The molecule has 11 nitrogen and oxygen atoms in total. The fraction of sp³-hybridized carbons (Fsp3) is 0.586. The number of aromatic nitrogens is 2. The number of benzene rings is 1. The first-order chi connectivity index (χ1) is 19.4. The van der Waals surface area contributed by atoms with Gasteiger partial charge in [0.05, 0.1) is 29.9 Å². The number of nitrogens with one attached hydrogen (secondary N) is 1. The second-order valence-electron chi connectivity index (χ2n) is 12.4. The molecule has 11 heteroatoms. The van der Waals surface area contributed by atoms with Gasteiger partial charge in [-0.2, -0.15) is 0 Å². The zero-order chi connectivity index (χ0) is 27.4. The van der Waals surface area contributed by atoms with Crippen molar-refractivity contribution in [2.75, 3.05) is 69.1 Å². The maximum absolute atomic E-state index is 13.2. The molecular weight excluding hydrogens is 510 g/mol. The van der Waals surface area contributed by atoms with Crippen molar-refractivity contribution in [1.29, 1.82) is 0 Å². The predicted octanol–water partition coefficient (Wildman–Crippen LogP) is 1.55. The van der Waals surface area contributed by atoms with Crippen molar-refractivity contribution >= 4 is 23.4 Å². The topological polar surface area (TPSA) is 125 Å². The molecule has 7 rings (SSSR count). The first-order valence-electron chi connectivity index (χ1n) is 14.5. The molecule has 5 aliphatic rings. The van der Waals surface area contributed by atoms with E-state index in [0.717, 1.165) is 89.5 Å². The first-order valence-corrected chi connectivity index (χ1v) is 14.5. The van der Waals surface area contributed by atoms with E-state index in [0.29, 0.717) is 23.8 Å². The molecular formula is C29H37N7O4. The molecule has 0 radical (unpaired) electrons. The van der Waals surface area contributed by atoms with Crippen LogP contribution in [0.2, 0.25) is 0 Å². The van der Waals surface area contributed by atoms with Gasteiger partial charge in [0.25, 0.3) is 0 Å². The van der Waals surface area contributed by atoms with E-state index in [1.54, 1.807) is 12.1 Å². The fourth-order valence-electron chi connectivity index (χ4n) is 7.64. The van der Waals surface area contributed by atoms with Gasteiger partial charge in [-0.25, -0.2) is 0 Å². The molecule has 4 fully saturated rings. The van der Waals surface area contributed by atoms with Crippen LogP contribution in [0, 0.1) is 11.3 Å². The Morgan fingerprint density at radius 1 is 0.975 bits per heavy atom. The number of nitrogens with zero attached hydrogens (tertiary/aromatic N) is 6. The van der Waals surface area contributed by atoms with Crippen molar-refractivity contribution in [3.05, 3.63) is 30.3 Å². The van der Waals surface area contributed by atoms with Crippen LogP contribution in [0.4, 0.5) is 11.5 Å². The number of rotatable bonds is 5. The number of fused-ring (bicyclic) bond motifs is 3. The smallest absolute Gasteiger partial charge is 0.306 e. The highest BCUT2D eigenvalue weighted by molar-refractivity contribution is 5.79. The van der Waals surface area contributed by atoms with Crippen molar-refractivity contribution < 1.29 is 19.8 Å². The number of amides is 1. The normalized spacial score (nSPS) is 30.1. The van der Waals surface area contributed by atoms with E-state index in [9.17, 15) is 19.8 Å². The van der Waals surface area contributed by atoms with Crippen LogP contribution in [0.5, 0.6) is 5.75 Å². The highest BCUT2D eigenvalue weighted by Crippen LogP contribution is 2.60. The molecule has 2 saturated heterocycles. The molecule has 2 aromatic rings. The summed E-state index contributed by atoms with van der Waals surface area (Å²) in [4.78, 5) is 33.5. The average Bonchev–Trinajstić information content (AvgIpc) is 2.91. The standard InChI is InChI=1S/C29H37N7O4/c37-25-4-2-1-3-22(25)23-11-24-27(32-31-23)30-16-21-17-33(5-10-36(21)24)18-26(38)35-8-6-34(7-9-35)20-14-29(15-20)12-19(13-29)28(39)40/h1-4,11,19-21,37H,5-10,12-18H2,(H,30,32)(H,39,40)/t19-,20-,21-,29?/m0/s1. The van der Waals surface area contributed by atoms with Crippen LogP contribution in [0.25, 0.3) is 11.3 Å². The van der Waals surface area contributed by atoms with Gasteiger partial charge in [0.15, 0.2) is 5.82 Å². The number of piperazine rings is 2. The van der Waals surface area contributed by atoms with Crippen LogP contribution < -0.4 is 10.2 Å². The Hall–Kier alpha value is -3.44. The number of carboxylic acids is 1. The third kappa shape index (κ3) is 4.54. The summed E-state index contributed by atoms with van der Waals surface area (Å²) in [7, 11) is 0. The highest BCUT2D eigenvalue weighted by Gasteiger charge is 2.56. The van der Waals surface area contributed by atoms with Gasteiger partial charge in [-0.15, -0.1) is 10.2 Å². The van der Waals surface area contributed by atoms with Crippen LogP contribution in [-0.4, -0.2) is 118 Å². The summed E-state index contributed by atoms with van der Waals surface area (Å²) in [6, 6.07) is 9.95. The molecule has 4 heterocycles. The van der Waals surface area contributed by atoms with Gasteiger partial charge in [0.2, 0.25) is 5.91 Å². The molecule has 2 saturated carbocycles. The monoisotopic (exact) mass is 547 g/mol. The lowest BCUT2D eigenvalue weighted by molar-refractivity contribution is -0.160. The fourth-order valence-corrected chi connectivity index (χ4v) is 7.64. The third-order valence-corrected chi connectivity index (χ3v) is 9.92. The summed E-state index contributed by atoms with van der Waals surface area (Å²) in [6.45, 7) is 6.95. The quantitative estimate of drug-likeness (QED) is 0.508. The Bertz CT molecular complexity index is 1300. The van der Waals surface area contributed by atoms with Gasteiger partial charge in [0.1, 0.15) is 5.75 Å². The Morgan fingerprint density at radius 3 is 2.50 bits per heavy atom. The number of hydrogen-bond acceptors (Lipinski definition) is 9. The summed E-state index contributed by atoms with van der Waals surface area (Å²) in [5.74, 6) is 0.379. The molecule has 212 valence electrons. The van der Waals surface area contributed by atoms with Crippen LogP contribution in [0.3, 0.4) is 0 Å². The van der Waals surface area contributed by atoms with E-state index in [1.165, 1.54) is 0 Å². The minimum absolute atomic E-state index is 0.133. The molecule has 2 aliphatic carbocycles. The minimum Gasteiger partial charge on any atom is -0.507 e. The number of carboxylic acid groups (broad SMARTS) is 1. The number of carbonyl (C=O) groups excluding carboxylic acids is 1. The lowest BCUT2D eigenvalue weighted by Gasteiger charge is -2.60. The second-order valence-corrected chi connectivity index (χ2v) is 12.4. The van der Waals surface area contributed by atoms with E-state index in [-0.39, 0.29) is 29.0 Å². The molecule has 3 N–H and O–H groups in total. The SMILES string of the molecule is O=C(CN1CCN2c3cc(-c4ccccc4O)nnc3NC[C@H]2C1)N1CCN([C@H]2CC3(C[C@H](C(=O)O)C3)C2)CC1. The molecule has 1 aromatic carbocycles. The number of phenols is 1. The zero-order valence-electron chi connectivity index (χ0n) is 22.7. The van der Waals surface area contributed by atoms with Gasteiger partial charge < -0.3 is 25.3 Å². The average molecular weight is 548 g/mol. The maximum atomic E-state index is 13.2. The molecule has 0 unspecified atom stereocenters. The summed E-state index contributed by atoms with van der Waals surface area (Å²) in [6.07, 6.45) is 3.93. The Labute approximate surface area is 233 Å². The van der Waals surface area contributed by atoms with E-state index < -0.39 is 5.97 Å². The number of phenolic OH excluding ortho intramolecular Hbond substituents is 1. The van der Waals surface area contributed by atoms with Crippen LogP contribution in [0.1, 0.15) is 25.7 Å². The number of anilines is 2. The van der Waals surface area contributed by atoms with Gasteiger partial charge in [-0.3, -0.25) is 19.4 Å². The van der Waals surface area contributed by atoms with Crippen molar-refractivity contribution in [3.63, 3.8) is 0 Å². The summed E-state index contributed by atoms with van der Waals surface area (Å²) in [5.41, 5.74) is 2.58. The van der Waals surface area contributed by atoms with Gasteiger partial charge in [-0.05, 0) is 49.3 Å². The van der Waals surface area contributed by atoms with E-state index in [4.69, 9.17) is 0 Å². The van der Waals surface area contributed by atoms with Crippen LogP contribution in [0.15, 0.2) is 30.3 Å². The molecule has 0 bridgehead atoms. The van der Waals surface area contributed by atoms with Crippen molar-refractivity contribution in [2.24, 2.45) is 11.3 Å². The predicted molar refractivity (Wildman–Crippen MR) is 149 cm³/mol. The van der Waals surface area contributed by atoms with Crippen molar-refractivity contribution in [3.8, 4) is 17.0 Å². The third-order valence-electron chi connectivity index (χ3n) is 9.92. The van der Waals surface area contributed by atoms with Crippen molar-refractivity contribution in [1.82, 2.24) is 24.9 Å². The molecule has 1 spiro atoms. The Balaban J connectivity index is 0.904. The Morgan fingerprint density at radius 2 is 1.75 bits per heavy atom. The molecule has 1 amide bonds. The summed E-state index contributed by atoms with van der Waals surface area (Å²) < 4.78 is 0. The number of carbonyl (C=O) groups is 2. The van der Waals surface area contributed by atoms with E-state index in [2.05, 4.69) is 30.2 Å². The van der Waals surface area contributed by atoms with Crippen LogP contribution in [-0.2, 0) is 9.59 Å². The largest absolute Gasteiger partial charge is 0.507 e. The van der Waals surface area contributed by atoms with Gasteiger partial charge in [-0.1, -0.05) is 12.1 Å². The second kappa shape index (κ2) is 9.88. The van der Waals surface area contributed by atoms with Crippen molar-refractivity contribution in [2.45, 2.75) is 37.8 Å². The maximum Gasteiger partial charge on any atom is 0.306 e. The summed E-state index contributed by atoms with van der Waals surface area (Å²) >= 11 is 0. The lowest BCUT2D eigenvalue weighted by Crippen LogP contribution is -2.62. The zero-order valence-corrected chi connectivity index (χ0v) is 22.7. The van der Waals surface area contributed by atoms with Gasteiger partial charge >= 0.3 is 5.97 Å².